The molecule has 1 N–H and O–H groups in total. The molecule has 4 rings (SSSR count). The molecular formula is C24H31N3O4S. The number of ether oxygens (including phenoxy) is 1. The van der Waals surface area contributed by atoms with E-state index in [0.29, 0.717) is 25.4 Å². The van der Waals surface area contributed by atoms with Crippen molar-refractivity contribution in [1.29, 1.82) is 0 Å². The molecule has 2 aliphatic rings. The molecule has 2 heterocycles. The summed E-state index contributed by atoms with van der Waals surface area (Å²) in [5, 5.41) is 2.92. The van der Waals surface area contributed by atoms with Crippen LogP contribution in [-0.2, 0) is 23.1 Å². The van der Waals surface area contributed by atoms with E-state index in [9.17, 15) is 13.2 Å². The van der Waals surface area contributed by atoms with Gasteiger partial charge < -0.3 is 10.1 Å². The predicted molar refractivity (Wildman–Crippen MR) is 123 cm³/mol. The highest BCUT2D eigenvalue weighted by molar-refractivity contribution is 7.89. The van der Waals surface area contributed by atoms with Crippen molar-refractivity contribution in [2.45, 2.75) is 43.7 Å². The summed E-state index contributed by atoms with van der Waals surface area (Å²) in [6.07, 6.45) is 4.23. The fourth-order valence-electron chi connectivity index (χ4n) is 4.42. The van der Waals surface area contributed by atoms with Crippen molar-refractivity contribution in [3.8, 4) is 5.75 Å². The molecule has 0 atom stereocenters. The molecule has 2 saturated heterocycles. The van der Waals surface area contributed by atoms with E-state index in [-0.39, 0.29) is 16.4 Å². The number of nitrogens with one attached hydrogen (secondary N) is 1. The van der Waals surface area contributed by atoms with Gasteiger partial charge in [0, 0.05) is 26.2 Å². The van der Waals surface area contributed by atoms with Gasteiger partial charge in [-0.1, -0.05) is 24.3 Å². The summed E-state index contributed by atoms with van der Waals surface area (Å²) < 4.78 is 32.6. The van der Waals surface area contributed by atoms with Crippen LogP contribution in [0.15, 0.2) is 47.4 Å². The largest absolute Gasteiger partial charge is 0.496 e. The third-order valence-electron chi connectivity index (χ3n) is 6.17. The van der Waals surface area contributed by atoms with Crippen LogP contribution in [0.25, 0.3) is 0 Å². The van der Waals surface area contributed by atoms with E-state index >= 15 is 0 Å². The lowest BCUT2D eigenvalue weighted by atomic mass is 10.1. The second-order valence-electron chi connectivity index (χ2n) is 8.46. The summed E-state index contributed by atoms with van der Waals surface area (Å²) in [6, 6.07) is 12.7. The number of nitrogens with zero attached hydrogens (tertiary/aromatic N) is 2. The fourth-order valence-corrected chi connectivity index (χ4v) is 5.96. The molecule has 2 aliphatic heterocycles. The number of rotatable bonds is 8. The predicted octanol–water partition coefficient (Wildman–Crippen LogP) is 3.01. The van der Waals surface area contributed by atoms with Crippen LogP contribution < -0.4 is 10.1 Å². The lowest BCUT2D eigenvalue weighted by molar-refractivity contribution is 0.0947. The molecule has 32 heavy (non-hydrogen) atoms. The van der Waals surface area contributed by atoms with Crippen LogP contribution in [0, 0.1) is 0 Å². The quantitative estimate of drug-likeness (QED) is 0.659. The minimum absolute atomic E-state index is 0.123. The van der Waals surface area contributed by atoms with Gasteiger partial charge >= 0.3 is 0 Å². The SMILES string of the molecule is COc1ccc(S(=O)(=O)N2CCCC2)cc1C(=O)NCc1cccc(CN2CCCC2)c1. The number of amides is 1. The van der Waals surface area contributed by atoms with Crippen LogP contribution >= 0.6 is 0 Å². The molecule has 0 saturated carbocycles. The summed E-state index contributed by atoms with van der Waals surface area (Å²) >= 11 is 0. The van der Waals surface area contributed by atoms with E-state index in [1.165, 1.54) is 42.0 Å². The Morgan fingerprint density at radius 1 is 0.969 bits per heavy atom. The number of carbonyl (C=O) groups is 1. The van der Waals surface area contributed by atoms with Crippen molar-refractivity contribution in [2.75, 3.05) is 33.3 Å². The van der Waals surface area contributed by atoms with Crippen molar-refractivity contribution in [1.82, 2.24) is 14.5 Å². The second-order valence-corrected chi connectivity index (χ2v) is 10.4. The van der Waals surface area contributed by atoms with Crippen LogP contribution in [0.4, 0.5) is 0 Å². The van der Waals surface area contributed by atoms with E-state index in [0.717, 1.165) is 38.0 Å². The zero-order chi connectivity index (χ0) is 22.6. The Kier molecular flexibility index (Phi) is 7.13. The second kappa shape index (κ2) is 10.0. The summed E-state index contributed by atoms with van der Waals surface area (Å²) in [7, 11) is -2.14. The Balaban J connectivity index is 1.47. The van der Waals surface area contributed by atoms with Crippen LogP contribution in [0.5, 0.6) is 5.75 Å². The topological polar surface area (TPSA) is 79.0 Å². The highest BCUT2D eigenvalue weighted by Gasteiger charge is 2.28. The third-order valence-corrected chi connectivity index (χ3v) is 8.06. The lowest BCUT2D eigenvalue weighted by Gasteiger charge is -2.17. The molecule has 2 aromatic carbocycles. The minimum Gasteiger partial charge on any atom is -0.496 e. The third kappa shape index (κ3) is 5.14. The Morgan fingerprint density at radius 3 is 2.38 bits per heavy atom. The maximum atomic E-state index is 13.0. The van der Waals surface area contributed by atoms with Crippen LogP contribution in [-0.4, -0.2) is 56.8 Å². The number of hydrogen-bond donors (Lipinski definition) is 1. The van der Waals surface area contributed by atoms with Gasteiger partial charge in [-0.2, -0.15) is 4.31 Å². The highest BCUT2D eigenvalue weighted by atomic mass is 32.2. The van der Waals surface area contributed by atoms with Gasteiger partial charge in [-0.25, -0.2) is 8.42 Å². The number of benzene rings is 2. The molecule has 2 fully saturated rings. The Hall–Kier alpha value is -2.42. The molecule has 8 heteroatoms. The zero-order valence-corrected chi connectivity index (χ0v) is 19.4. The molecule has 2 aromatic rings. The minimum atomic E-state index is -3.61. The summed E-state index contributed by atoms with van der Waals surface area (Å²) in [6.45, 7) is 4.59. The van der Waals surface area contributed by atoms with E-state index in [4.69, 9.17) is 4.74 Å². The molecule has 1 amide bonds. The first kappa shape index (κ1) is 22.8. The van der Waals surface area contributed by atoms with Gasteiger partial charge in [0.25, 0.3) is 5.91 Å². The van der Waals surface area contributed by atoms with E-state index in [1.54, 1.807) is 6.07 Å². The number of sulfonamides is 1. The Morgan fingerprint density at radius 2 is 1.66 bits per heavy atom. The first-order valence-electron chi connectivity index (χ1n) is 11.2. The van der Waals surface area contributed by atoms with E-state index in [2.05, 4.69) is 22.3 Å². The molecule has 0 bridgehead atoms. The van der Waals surface area contributed by atoms with Crippen molar-refractivity contribution < 1.29 is 17.9 Å². The molecule has 7 nitrogen and oxygen atoms in total. The van der Waals surface area contributed by atoms with E-state index in [1.807, 2.05) is 12.1 Å². The number of carbonyl (C=O) groups excluding carboxylic acids is 1. The van der Waals surface area contributed by atoms with Gasteiger partial charge in [0.05, 0.1) is 17.6 Å². The molecule has 0 spiro atoms. The summed E-state index contributed by atoms with van der Waals surface area (Å²) in [5.41, 5.74) is 2.46. The molecule has 0 aliphatic carbocycles. The molecule has 172 valence electrons. The average Bonchev–Trinajstić information content (AvgIpc) is 3.52. The van der Waals surface area contributed by atoms with Crippen molar-refractivity contribution in [2.24, 2.45) is 0 Å². The van der Waals surface area contributed by atoms with Gasteiger partial charge in [-0.05, 0) is 68.1 Å². The first-order valence-corrected chi connectivity index (χ1v) is 12.7. The maximum Gasteiger partial charge on any atom is 0.255 e. The standard InChI is InChI=1S/C24H31N3O4S/c1-31-23-10-9-21(32(29,30)27-13-4-5-14-27)16-22(23)24(28)25-17-19-7-6-8-20(15-19)18-26-11-2-3-12-26/h6-10,15-16H,2-5,11-14,17-18H2,1H3,(H,25,28). The molecule has 0 aromatic heterocycles. The lowest BCUT2D eigenvalue weighted by Crippen LogP contribution is -2.28. The highest BCUT2D eigenvalue weighted by Crippen LogP contribution is 2.26. The van der Waals surface area contributed by atoms with E-state index < -0.39 is 10.0 Å². The Labute approximate surface area is 190 Å². The van der Waals surface area contributed by atoms with Crippen molar-refractivity contribution in [3.05, 3.63) is 59.2 Å². The average molecular weight is 458 g/mol. The monoisotopic (exact) mass is 457 g/mol. The van der Waals surface area contributed by atoms with Crippen molar-refractivity contribution >= 4 is 15.9 Å². The number of likely N-dealkylation sites (tertiary alicyclic amines) is 1. The van der Waals surface area contributed by atoms with Gasteiger partial charge in [0.15, 0.2) is 0 Å². The van der Waals surface area contributed by atoms with Gasteiger partial charge in [0.1, 0.15) is 5.75 Å². The van der Waals surface area contributed by atoms with Crippen LogP contribution in [0.2, 0.25) is 0 Å². The number of methoxy groups -OCH3 is 1. The van der Waals surface area contributed by atoms with Crippen LogP contribution in [0.3, 0.4) is 0 Å². The molecule has 0 unspecified atom stereocenters. The van der Waals surface area contributed by atoms with Crippen LogP contribution in [0.1, 0.15) is 47.2 Å². The molecule has 0 radical (unpaired) electrons. The normalized spacial score (nSPS) is 17.5. The van der Waals surface area contributed by atoms with Crippen molar-refractivity contribution in [3.63, 3.8) is 0 Å². The summed E-state index contributed by atoms with van der Waals surface area (Å²) in [4.78, 5) is 15.5. The first-order chi connectivity index (χ1) is 15.5. The van der Waals surface area contributed by atoms with Gasteiger partial charge in [-0.3, -0.25) is 9.69 Å². The maximum absolute atomic E-state index is 13.0. The summed E-state index contributed by atoms with van der Waals surface area (Å²) in [5.74, 6) is -0.00377. The zero-order valence-electron chi connectivity index (χ0n) is 18.5. The number of hydrogen-bond acceptors (Lipinski definition) is 5. The fraction of sp³-hybridized carbons (Fsp3) is 0.458. The van der Waals surface area contributed by atoms with Gasteiger partial charge in [-0.15, -0.1) is 0 Å². The van der Waals surface area contributed by atoms with Gasteiger partial charge in [0.2, 0.25) is 10.0 Å². The Bertz CT molecular complexity index is 1060. The smallest absolute Gasteiger partial charge is 0.255 e. The molecular weight excluding hydrogens is 426 g/mol.